The van der Waals surface area contributed by atoms with Crippen molar-refractivity contribution in [3.05, 3.63) is 69.8 Å². The highest BCUT2D eigenvalue weighted by molar-refractivity contribution is 5.93. The van der Waals surface area contributed by atoms with Crippen LogP contribution in [-0.4, -0.2) is 50.8 Å². The van der Waals surface area contributed by atoms with Gasteiger partial charge in [0, 0.05) is 62.9 Å². The Morgan fingerprint density at radius 3 is 1.02 bits per heavy atom. The van der Waals surface area contributed by atoms with Crippen molar-refractivity contribution in [2.45, 2.75) is 105 Å². The normalized spacial score (nSPS) is 13.2. The van der Waals surface area contributed by atoms with E-state index in [1.807, 2.05) is 52.5 Å². The molecule has 0 spiro atoms. The lowest BCUT2D eigenvalue weighted by molar-refractivity contribution is 0.443. The third kappa shape index (κ3) is 8.31. The maximum Gasteiger partial charge on any atom is 0.128 e. The van der Waals surface area contributed by atoms with Crippen LogP contribution in [-0.2, 0) is 21.7 Å². The van der Waals surface area contributed by atoms with Crippen molar-refractivity contribution in [3.8, 4) is 11.5 Å². The Morgan fingerprint density at radius 2 is 0.783 bits per heavy atom. The van der Waals surface area contributed by atoms with Crippen LogP contribution in [0.4, 0.5) is 22.7 Å². The van der Waals surface area contributed by atoms with E-state index in [-0.39, 0.29) is 33.2 Å². The minimum atomic E-state index is -0.246. The lowest BCUT2D eigenvalue weighted by atomic mass is 9.79. The number of phenolic OH excluding ortho intramolecular Hbond substituents is 2. The van der Waals surface area contributed by atoms with Crippen molar-refractivity contribution in [2.75, 3.05) is 38.0 Å². The molecule has 0 fully saturated rings. The molecule has 6 heteroatoms. The summed E-state index contributed by atoms with van der Waals surface area (Å²) in [6, 6.07) is 12.3. The maximum atomic E-state index is 11.4. The number of anilines is 2. The van der Waals surface area contributed by atoms with Gasteiger partial charge in [0.25, 0.3) is 0 Å². The van der Waals surface area contributed by atoms with Gasteiger partial charge in [0.15, 0.2) is 0 Å². The second-order valence-corrected chi connectivity index (χ2v) is 17.1. The summed E-state index contributed by atoms with van der Waals surface area (Å²) in [4.78, 5) is 14.1. The Labute approximate surface area is 278 Å². The molecule has 3 aromatic rings. The second kappa shape index (κ2) is 12.8. The fraction of sp³-hybridized carbons (Fsp3) is 0.500. The molecule has 0 unspecified atom stereocenters. The van der Waals surface area contributed by atoms with Crippen LogP contribution >= 0.6 is 0 Å². The van der Waals surface area contributed by atoms with Crippen molar-refractivity contribution >= 4 is 35.2 Å². The molecule has 250 valence electrons. The fourth-order valence-electron chi connectivity index (χ4n) is 5.28. The SMILES string of the molecule is CN(C)c1cc(N=Cc2cc(C(C)(C)C)cc(C(C)(C)C)c2O)c(N=Cc2cc(C(C)(C)C)cc(C(C)(C)C)c2O)cc1N(C)C. The highest BCUT2D eigenvalue weighted by atomic mass is 16.3. The summed E-state index contributed by atoms with van der Waals surface area (Å²) in [6.07, 6.45) is 3.50. The van der Waals surface area contributed by atoms with Crippen LogP contribution in [0.1, 0.15) is 116 Å². The van der Waals surface area contributed by atoms with E-state index in [1.165, 1.54) is 0 Å². The topological polar surface area (TPSA) is 71.7 Å². The molecule has 6 nitrogen and oxygen atoms in total. The molecule has 3 aromatic carbocycles. The first-order valence-electron chi connectivity index (χ1n) is 16.2. The van der Waals surface area contributed by atoms with Gasteiger partial charge in [0.05, 0.1) is 22.7 Å². The quantitative estimate of drug-likeness (QED) is 0.267. The average molecular weight is 627 g/mol. The van der Waals surface area contributed by atoms with Gasteiger partial charge >= 0.3 is 0 Å². The molecule has 0 atom stereocenters. The van der Waals surface area contributed by atoms with Crippen LogP contribution < -0.4 is 9.80 Å². The van der Waals surface area contributed by atoms with Gasteiger partial charge in [0.1, 0.15) is 11.5 Å². The molecule has 3 rings (SSSR count). The van der Waals surface area contributed by atoms with Gasteiger partial charge in [-0.1, -0.05) is 95.2 Å². The summed E-state index contributed by atoms with van der Waals surface area (Å²) in [5.74, 6) is 0.483. The summed E-state index contributed by atoms with van der Waals surface area (Å²) < 4.78 is 0. The van der Waals surface area contributed by atoms with Crippen LogP contribution in [0.2, 0.25) is 0 Å². The van der Waals surface area contributed by atoms with Gasteiger partial charge < -0.3 is 20.0 Å². The Kier molecular flexibility index (Phi) is 10.2. The molecule has 2 N–H and O–H groups in total. The first-order valence-corrected chi connectivity index (χ1v) is 16.2. The lowest BCUT2D eigenvalue weighted by Crippen LogP contribution is -2.17. The molecule has 0 aliphatic rings. The predicted molar refractivity (Wildman–Crippen MR) is 201 cm³/mol. The van der Waals surface area contributed by atoms with Gasteiger partial charge in [-0.15, -0.1) is 0 Å². The molecular formula is C40H58N4O2. The van der Waals surface area contributed by atoms with Crippen molar-refractivity contribution < 1.29 is 10.2 Å². The average Bonchev–Trinajstić information content (AvgIpc) is 2.88. The number of aliphatic imine (C=N–C) groups is 2. The summed E-state index contributed by atoms with van der Waals surface area (Å²) in [6.45, 7) is 25.7. The highest BCUT2D eigenvalue weighted by Crippen LogP contribution is 2.42. The van der Waals surface area contributed by atoms with Gasteiger partial charge in [0.2, 0.25) is 0 Å². The number of nitrogens with zero attached hydrogens (tertiary/aromatic N) is 4. The molecule has 0 radical (unpaired) electrons. The highest BCUT2D eigenvalue weighted by Gasteiger charge is 2.26. The van der Waals surface area contributed by atoms with Crippen molar-refractivity contribution in [1.82, 2.24) is 0 Å². The third-order valence-electron chi connectivity index (χ3n) is 8.35. The Balaban J connectivity index is 2.32. The largest absolute Gasteiger partial charge is 0.507 e. The van der Waals surface area contributed by atoms with Gasteiger partial charge in [-0.25, -0.2) is 0 Å². The zero-order chi connectivity index (χ0) is 35.2. The minimum Gasteiger partial charge on any atom is -0.507 e. The Bertz CT molecular complexity index is 1510. The zero-order valence-corrected chi connectivity index (χ0v) is 31.3. The molecule has 0 saturated heterocycles. The van der Waals surface area contributed by atoms with E-state index in [4.69, 9.17) is 9.98 Å². The van der Waals surface area contributed by atoms with Gasteiger partial charge in [-0.2, -0.15) is 0 Å². The molecular weight excluding hydrogens is 568 g/mol. The van der Waals surface area contributed by atoms with Crippen molar-refractivity contribution in [1.29, 1.82) is 0 Å². The van der Waals surface area contributed by atoms with E-state index < -0.39 is 0 Å². The first kappa shape index (κ1) is 36.7. The third-order valence-corrected chi connectivity index (χ3v) is 8.35. The van der Waals surface area contributed by atoms with E-state index in [0.29, 0.717) is 22.5 Å². The summed E-state index contributed by atoms with van der Waals surface area (Å²) in [5, 5.41) is 22.8. The molecule has 0 heterocycles. The smallest absolute Gasteiger partial charge is 0.128 e. The predicted octanol–water partition coefficient (Wildman–Crippen LogP) is 9.92. The number of rotatable bonds is 6. The van der Waals surface area contributed by atoms with E-state index in [0.717, 1.165) is 33.6 Å². The molecule has 0 aliphatic carbocycles. The Hall–Kier alpha value is -3.80. The number of phenols is 2. The number of hydrogen-bond donors (Lipinski definition) is 2. The van der Waals surface area contributed by atoms with Gasteiger partial charge in [-0.3, -0.25) is 9.98 Å². The lowest BCUT2D eigenvalue weighted by Gasteiger charge is -2.27. The standard InChI is InChI=1S/C40H58N4O2/c1-37(2,3)27-17-25(35(45)29(19-27)39(7,8)9)23-41-31-21-33(43(13)14)34(44(15)16)22-32(31)42-24-26-18-28(38(4,5)6)20-30(36(26)46)40(10,11)12/h17-24,45-46H,1-16H3. The van der Waals surface area contributed by atoms with E-state index >= 15 is 0 Å². The monoisotopic (exact) mass is 626 g/mol. The van der Waals surface area contributed by atoms with Crippen LogP contribution in [0.15, 0.2) is 46.4 Å². The van der Waals surface area contributed by atoms with Crippen LogP contribution in [0.3, 0.4) is 0 Å². The van der Waals surface area contributed by atoms with Gasteiger partial charge in [-0.05, 0) is 57.1 Å². The fourth-order valence-corrected chi connectivity index (χ4v) is 5.28. The van der Waals surface area contributed by atoms with Crippen LogP contribution in [0, 0.1) is 0 Å². The minimum absolute atomic E-state index is 0.104. The number of benzene rings is 3. The molecule has 0 saturated carbocycles. The maximum absolute atomic E-state index is 11.4. The van der Waals surface area contributed by atoms with Crippen molar-refractivity contribution in [3.63, 3.8) is 0 Å². The van der Waals surface area contributed by atoms with Crippen molar-refractivity contribution in [2.24, 2.45) is 9.98 Å². The van der Waals surface area contributed by atoms with Crippen LogP contribution in [0.25, 0.3) is 0 Å². The second-order valence-electron chi connectivity index (χ2n) is 17.1. The molecule has 0 bridgehead atoms. The summed E-state index contributed by atoms with van der Waals surface area (Å²) in [5.41, 5.74) is 7.98. The summed E-state index contributed by atoms with van der Waals surface area (Å²) in [7, 11) is 8.04. The van der Waals surface area contributed by atoms with Crippen LogP contribution in [0.5, 0.6) is 11.5 Å². The number of aromatic hydroxyl groups is 2. The molecule has 46 heavy (non-hydrogen) atoms. The Morgan fingerprint density at radius 1 is 0.478 bits per heavy atom. The zero-order valence-electron chi connectivity index (χ0n) is 31.3. The number of hydrogen-bond acceptors (Lipinski definition) is 6. The molecule has 0 aliphatic heterocycles. The molecule has 0 amide bonds. The van der Waals surface area contributed by atoms with E-state index in [9.17, 15) is 10.2 Å². The summed E-state index contributed by atoms with van der Waals surface area (Å²) >= 11 is 0. The van der Waals surface area contributed by atoms with E-state index in [2.05, 4.69) is 105 Å². The first-order chi connectivity index (χ1) is 20.8. The van der Waals surface area contributed by atoms with E-state index in [1.54, 1.807) is 12.4 Å². The molecule has 0 aromatic heterocycles.